The summed E-state index contributed by atoms with van der Waals surface area (Å²) < 4.78 is 4.75. The monoisotopic (exact) mass is 334 g/mol. The molecule has 0 aromatic heterocycles. The Morgan fingerprint density at radius 2 is 1.96 bits per heavy atom. The minimum Gasteiger partial charge on any atom is -0.466 e. The van der Waals surface area contributed by atoms with E-state index in [4.69, 9.17) is 4.74 Å². The van der Waals surface area contributed by atoms with Crippen LogP contribution in [0, 0.1) is 0 Å². The van der Waals surface area contributed by atoms with Gasteiger partial charge in [0.15, 0.2) is 0 Å². The zero-order valence-electron chi connectivity index (χ0n) is 15.9. The molecular formula is C21H34O3. The smallest absolute Gasteiger partial charge is 0.333 e. The van der Waals surface area contributed by atoms with Crippen molar-refractivity contribution >= 4 is 5.97 Å². The van der Waals surface area contributed by atoms with E-state index in [-0.39, 0.29) is 5.97 Å². The van der Waals surface area contributed by atoms with Gasteiger partial charge in [-0.1, -0.05) is 69.9 Å². The van der Waals surface area contributed by atoms with Crippen LogP contribution in [0.3, 0.4) is 0 Å². The van der Waals surface area contributed by atoms with E-state index in [2.05, 4.69) is 13.5 Å². The van der Waals surface area contributed by atoms with Crippen molar-refractivity contribution in [3.8, 4) is 0 Å². The van der Waals surface area contributed by atoms with E-state index < -0.39 is 6.10 Å². The molecule has 0 amide bonds. The number of carbonyl (C=O) groups is 1. The maximum Gasteiger partial charge on any atom is 0.333 e. The van der Waals surface area contributed by atoms with Crippen molar-refractivity contribution in [1.82, 2.24) is 0 Å². The molecule has 0 saturated heterocycles. The van der Waals surface area contributed by atoms with Crippen LogP contribution >= 0.6 is 0 Å². The van der Waals surface area contributed by atoms with Crippen molar-refractivity contribution in [3.63, 3.8) is 0 Å². The Morgan fingerprint density at radius 1 is 1.29 bits per heavy atom. The number of methoxy groups -OCH3 is 1. The summed E-state index contributed by atoms with van der Waals surface area (Å²) >= 11 is 0. The Labute approximate surface area is 148 Å². The molecule has 3 nitrogen and oxygen atoms in total. The van der Waals surface area contributed by atoms with Gasteiger partial charge in [-0.15, -0.1) is 0 Å². The summed E-state index contributed by atoms with van der Waals surface area (Å²) in [5.41, 5.74) is 1.75. The van der Waals surface area contributed by atoms with Gasteiger partial charge in [-0.2, -0.15) is 0 Å². The van der Waals surface area contributed by atoms with Gasteiger partial charge in [-0.3, -0.25) is 0 Å². The van der Waals surface area contributed by atoms with Crippen LogP contribution < -0.4 is 0 Å². The summed E-state index contributed by atoms with van der Waals surface area (Å²) in [6.45, 7) is 11.6. The van der Waals surface area contributed by atoms with Crippen LogP contribution in [-0.2, 0) is 9.53 Å². The van der Waals surface area contributed by atoms with Crippen LogP contribution in [0.1, 0.15) is 53.4 Å². The number of carbonyl (C=O) groups excluding carboxylic acids is 1. The Kier molecular flexibility index (Phi) is 17.8. The molecular weight excluding hydrogens is 300 g/mol. The lowest BCUT2D eigenvalue weighted by Gasteiger charge is -2.07. The fourth-order valence-electron chi connectivity index (χ4n) is 1.87. The fraction of sp³-hybridized carbons (Fsp3) is 0.476. The van der Waals surface area contributed by atoms with Crippen LogP contribution in [-0.4, -0.2) is 24.3 Å². The first-order valence-corrected chi connectivity index (χ1v) is 8.67. The third-order valence-electron chi connectivity index (χ3n) is 3.16. The second-order valence-corrected chi connectivity index (χ2v) is 4.86. The van der Waals surface area contributed by atoms with Crippen molar-refractivity contribution < 1.29 is 14.6 Å². The van der Waals surface area contributed by atoms with Gasteiger partial charge < -0.3 is 9.84 Å². The topological polar surface area (TPSA) is 46.5 Å². The van der Waals surface area contributed by atoms with Crippen LogP contribution in [0.15, 0.2) is 60.3 Å². The number of hydrogen-bond donors (Lipinski definition) is 1. The first kappa shape index (κ1) is 24.4. The van der Waals surface area contributed by atoms with Gasteiger partial charge in [-0.25, -0.2) is 4.79 Å². The third kappa shape index (κ3) is 12.7. The Balaban J connectivity index is 0. The van der Waals surface area contributed by atoms with Crippen LogP contribution in [0.25, 0.3) is 0 Å². The number of ether oxygens (including phenoxy) is 1. The number of hydrogen-bond acceptors (Lipinski definition) is 3. The van der Waals surface area contributed by atoms with E-state index in [0.29, 0.717) is 18.4 Å². The lowest BCUT2D eigenvalue weighted by molar-refractivity contribution is -0.136. The molecule has 0 aliphatic heterocycles. The molecule has 0 fully saturated rings. The molecule has 136 valence electrons. The highest BCUT2D eigenvalue weighted by Gasteiger charge is 2.09. The predicted molar refractivity (Wildman–Crippen MR) is 104 cm³/mol. The lowest BCUT2D eigenvalue weighted by Crippen LogP contribution is -2.07. The van der Waals surface area contributed by atoms with E-state index in [1.807, 2.05) is 45.1 Å². The average Bonchev–Trinajstić information content (AvgIpc) is 2.62. The highest BCUT2D eigenvalue weighted by molar-refractivity contribution is 5.88. The van der Waals surface area contributed by atoms with Gasteiger partial charge in [0.1, 0.15) is 0 Å². The molecule has 3 heteroatoms. The minimum atomic E-state index is -0.514. The summed E-state index contributed by atoms with van der Waals surface area (Å²) in [7, 11) is 1.38. The second-order valence-electron chi connectivity index (χ2n) is 4.86. The Morgan fingerprint density at radius 3 is 2.46 bits per heavy atom. The van der Waals surface area contributed by atoms with Crippen molar-refractivity contribution in [2.45, 2.75) is 59.5 Å². The van der Waals surface area contributed by atoms with E-state index in [0.717, 1.165) is 18.4 Å². The molecule has 1 N–H and O–H groups in total. The summed E-state index contributed by atoms with van der Waals surface area (Å²) in [6, 6.07) is 0. The zero-order valence-corrected chi connectivity index (χ0v) is 15.9. The summed E-state index contributed by atoms with van der Waals surface area (Å²) in [6.07, 6.45) is 15.1. The molecule has 0 radical (unpaired) electrons. The van der Waals surface area contributed by atoms with Crippen molar-refractivity contribution in [2.24, 2.45) is 0 Å². The number of rotatable bonds is 10. The highest BCUT2D eigenvalue weighted by Crippen LogP contribution is 2.13. The number of aliphatic hydroxyl groups excluding tert-OH is 1. The second kappa shape index (κ2) is 17.5. The molecule has 0 rings (SSSR count). The predicted octanol–water partition coefficient (Wildman–Crippen LogP) is 5.30. The molecule has 1 atom stereocenters. The van der Waals surface area contributed by atoms with Gasteiger partial charge in [0.2, 0.25) is 0 Å². The van der Waals surface area contributed by atoms with Gasteiger partial charge >= 0.3 is 5.97 Å². The summed E-state index contributed by atoms with van der Waals surface area (Å²) in [5.74, 6) is -0.315. The summed E-state index contributed by atoms with van der Waals surface area (Å²) in [4.78, 5) is 11.6. The SMILES string of the molecule is C=C/C=C(\C=C\C(O)CCC/C(=C\C=C/C)C(=O)OC)CC.CC. The standard InChI is InChI=1S/C19H28O3.C2H6/c1-5-8-11-17(19(21)22-4)12-9-13-18(20)15-14-16(7-3)10-6-2;1-2/h5-6,8,10-11,14-15,18,20H,2,7,9,12-13H2,1,3-4H3;1-2H3/b8-5-,15-14+,16-10-,17-11+;. The van der Waals surface area contributed by atoms with Crippen molar-refractivity contribution in [2.75, 3.05) is 7.11 Å². The molecule has 0 aromatic carbocycles. The van der Waals surface area contributed by atoms with Crippen LogP contribution in [0.2, 0.25) is 0 Å². The minimum absolute atomic E-state index is 0.315. The van der Waals surface area contributed by atoms with Gasteiger partial charge in [-0.05, 0) is 38.2 Å². The van der Waals surface area contributed by atoms with E-state index in [1.165, 1.54) is 7.11 Å². The fourth-order valence-corrected chi connectivity index (χ4v) is 1.87. The number of esters is 1. The van der Waals surface area contributed by atoms with E-state index in [9.17, 15) is 9.90 Å². The molecule has 0 saturated carbocycles. The van der Waals surface area contributed by atoms with Gasteiger partial charge in [0.05, 0.1) is 13.2 Å². The first-order chi connectivity index (χ1) is 11.6. The Bertz CT molecular complexity index is 454. The molecule has 0 bridgehead atoms. The maximum absolute atomic E-state index is 11.6. The lowest BCUT2D eigenvalue weighted by atomic mass is 10.0. The molecule has 0 spiro atoms. The zero-order chi connectivity index (χ0) is 18.8. The molecule has 24 heavy (non-hydrogen) atoms. The van der Waals surface area contributed by atoms with E-state index >= 15 is 0 Å². The van der Waals surface area contributed by atoms with Gasteiger partial charge in [0, 0.05) is 5.57 Å². The first-order valence-electron chi connectivity index (χ1n) is 8.67. The summed E-state index contributed by atoms with van der Waals surface area (Å²) in [5, 5.41) is 9.96. The molecule has 0 aliphatic carbocycles. The molecule has 0 aromatic rings. The highest BCUT2D eigenvalue weighted by atomic mass is 16.5. The van der Waals surface area contributed by atoms with Crippen LogP contribution in [0.5, 0.6) is 0 Å². The molecule has 1 unspecified atom stereocenters. The third-order valence-corrected chi connectivity index (χ3v) is 3.16. The molecule has 0 heterocycles. The number of aliphatic hydroxyl groups is 1. The quantitative estimate of drug-likeness (QED) is 0.335. The maximum atomic E-state index is 11.6. The van der Waals surface area contributed by atoms with Crippen molar-refractivity contribution in [1.29, 1.82) is 0 Å². The Hall–Kier alpha value is -1.87. The van der Waals surface area contributed by atoms with Crippen molar-refractivity contribution in [3.05, 3.63) is 60.3 Å². The number of allylic oxidation sites excluding steroid dienone is 7. The van der Waals surface area contributed by atoms with E-state index in [1.54, 1.807) is 18.2 Å². The van der Waals surface area contributed by atoms with Crippen LogP contribution in [0.4, 0.5) is 0 Å². The molecule has 0 aliphatic rings. The normalized spacial score (nSPS) is 13.6. The van der Waals surface area contributed by atoms with Gasteiger partial charge in [0.25, 0.3) is 0 Å². The average molecular weight is 335 g/mol. The largest absolute Gasteiger partial charge is 0.466 e.